The number of aryl methyl sites for hydroxylation is 2. The summed E-state index contributed by atoms with van der Waals surface area (Å²) >= 11 is 0. The predicted molar refractivity (Wildman–Crippen MR) is 102 cm³/mol. The van der Waals surface area contributed by atoms with E-state index in [2.05, 4.69) is 5.32 Å². The third-order valence-electron chi connectivity index (χ3n) is 4.20. The second-order valence-corrected chi connectivity index (χ2v) is 6.25. The van der Waals surface area contributed by atoms with E-state index in [0.717, 1.165) is 11.1 Å². The molecule has 8 nitrogen and oxygen atoms in total. The Morgan fingerprint density at radius 1 is 1.21 bits per heavy atom. The van der Waals surface area contributed by atoms with Crippen molar-refractivity contribution in [3.05, 3.63) is 62.7 Å². The lowest BCUT2D eigenvalue weighted by atomic mass is 10.0. The zero-order valence-corrected chi connectivity index (χ0v) is 15.3. The smallest absolute Gasteiger partial charge is 0.296 e. The third kappa shape index (κ3) is 3.94. The van der Waals surface area contributed by atoms with Crippen LogP contribution in [0.4, 0.5) is 11.4 Å². The molecule has 0 saturated carbocycles. The lowest BCUT2D eigenvalue weighted by Crippen LogP contribution is -2.18. The number of benzene rings is 2. The van der Waals surface area contributed by atoms with Crippen molar-refractivity contribution in [1.82, 2.24) is 0 Å². The number of carbonyl (C=O) groups is 1. The van der Waals surface area contributed by atoms with Gasteiger partial charge in [0.25, 0.3) is 11.6 Å². The van der Waals surface area contributed by atoms with Crippen molar-refractivity contribution in [2.24, 2.45) is 0 Å². The Labute approximate surface area is 161 Å². The van der Waals surface area contributed by atoms with Gasteiger partial charge >= 0.3 is 0 Å². The molecule has 1 N–H and O–H groups in total. The number of anilines is 1. The second-order valence-electron chi connectivity index (χ2n) is 6.25. The molecule has 1 heterocycles. The van der Waals surface area contributed by atoms with Crippen LogP contribution in [0.25, 0.3) is 6.08 Å². The molecular weight excluding hydrogens is 362 g/mol. The Morgan fingerprint density at radius 2 is 1.89 bits per heavy atom. The summed E-state index contributed by atoms with van der Waals surface area (Å²) in [5, 5.41) is 23.2. The first-order valence-electron chi connectivity index (χ1n) is 8.47. The summed E-state index contributed by atoms with van der Waals surface area (Å²) in [7, 11) is 0. The van der Waals surface area contributed by atoms with Crippen LogP contribution in [0.2, 0.25) is 0 Å². The van der Waals surface area contributed by atoms with Gasteiger partial charge in [0.1, 0.15) is 30.5 Å². The molecule has 142 valence electrons. The van der Waals surface area contributed by atoms with Crippen LogP contribution < -0.4 is 14.8 Å². The Hall–Kier alpha value is -3.86. The monoisotopic (exact) mass is 379 g/mol. The van der Waals surface area contributed by atoms with Crippen LogP contribution in [0.1, 0.15) is 16.7 Å². The summed E-state index contributed by atoms with van der Waals surface area (Å²) < 4.78 is 10.8. The minimum atomic E-state index is -0.748. The number of nitrogens with one attached hydrogen (secondary N) is 1. The maximum absolute atomic E-state index is 12.6. The Kier molecular flexibility index (Phi) is 5.27. The average molecular weight is 379 g/mol. The van der Waals surface area contributed by atoms with Crippen molar-refractivity contribution in [2.75, 3.05) is 18.5 Å². The molecule has 0 aromatic heterocycles. The van der Waals surface area contributed by atoms with Crippen LogP contribution in [0.5, 0.6) is 11.5 Å². The summed E-state index contributed by atoms with van der Waals surface area (Å²) in [6.07, 6.45) is 1.45. The van der Waals surface area contributed by atoms with Crippen molar-refractivity contribution in [3.8, 4) is 17.6 Å². The van der Waals surface area contributed by atoms with Crippen LogP contribution in [0.3, 0.4) is 0 Å². The minimum absolute atomic E-state index is 0.0685. The number of rotatable bonds is 4. The number of hydrogen-bond acceptors (Lipinski definition) is 6. The SMILES string of the molecule is Cc1ccc(/C=C(\C#N)C(=O)Nc2cc3c(cc2[N+](=O)[O-])OCCO3)c(C)c1. The Balaban J connectivity index is 1.93. The van der Waals surface area contributed by atoms with Gasteiger partial charge in [-0.3, -0.25) is 14.9 Å². The first-order valence-corrected chi connectivity index (χ1v) is 8.47. The zero-order chi connectivity index (χ0) is 20.3. The molecule has 0 fully saturated rings. The number of nitro groups is 1. The van der Waals surface area contributed by atoms with E-state index in [0.29, 0.717) is 17.9 Å². The summed E-state index contributed by atoms with van der Waals surface area (Å²) in [4.78, 5) is 23.3. The lowest BCUT2D eigenvalue weighted by Gasteiger charge is -2.19. The number of carbonyl (C=O) groups excluding carboxylic acids is 1. The van der Waals surface area contributed by atoms with Gasteiger partial charge in [-0.2, -0.15) is 5.26 Å². The number of nitro benzene ring substituents is 1. The van der Waals surface area contributed by atoms with Gasteiger partial charge in [-0.15, -0.1) is 0 Å². The van der Waals surface area contributed by atoms with E-state index >= 15 is 0 Å². The van der Waals surface area contributed by atoms with Crippen LogP contribution in [-0.4, -0.2) is 24.0 Å². The zero-order valence-electron chi connectivity index (χ0n) is 15.3. The Bertz CT molecular complexity index is 1040. The fourth-order valence-electron chi connectivity index (χ4n) is 2.81. The number of fused-ring (bicyclic) bond motifs is 1. The van der Waals surface area contributed by atoms with Gasteiger partial charge in [-0.1, -0.05) is 23.8 Å². The molecule has 3 rings (SSSR count). The van der Waals surface area contributed by atoms with Gasteiger partial charge in [0.15, 0.2) is 11.5 Å². The number of nitriles is 1. The molecular formula is C20H17N3O5. The van der Waals surface area contributed by atoms with E-state index in [1.807, 2.05) is 38.1 Å². The first-order chi connectivity index (χ1) is 13.4. The molecule has 0 atom stereocenters. The Morgan fingerprint density at radius 3 is 2.50 bits per heavy atom. The molecule has 2 aromatic carbocycles. The van der Waals surface area contributed by atoms with Gasteiger partial charge in [0.2, 0.25) is 0 Å². The highest BCUT2D eigenvalue weighted by Crippen LogP contribution is 2.39. The molecule has 0 bridgehead atoms. The van der Waals surface area contributed by atoms with Gasteiger partial charge in [-0.05, 0) is 31.1 Å². The molecule has 0 aliphatic carbocycles. The molecule has 1 aliphatic rings. The first kappa shape index (κ1) is 18.9. The van der Waals surface area contributed by atoms with Crippen molar-refractivity contribution in [1.29, 1.82) is 5.26 Å². The quantitative estimate of drug-likeness (QED) is 0.376. The number of hydrogen-bond donors (Lipinski definition) is 1. The number of amides is 1. The molecule has 1 amide bonds. The predicted octanol–water partition coefficient (Wildman–Crippen LogP) is 3.53. The molecule has 0 spiro atoms. The standard InChI is InChI=1S/C20H17N3O5/c1-12-3-4-14(13(2)7-12)8-15(11-21)20(24)22-16-9-18-19(28-6-5-27-18)10-17(16)23(25)26/h3-4,7-10H,5-6H2,1-2H3,(H,22,24)/b15-8+. The molecule has 2 aromatic rings. The maximum atomic E-state index is 12.6. The normalized spacial score (nSPS) is 12.8. The minimum Gasteiger partial charge on any atom is -0.486 e. The molecule has 0 unspecified atom stereocenters. The van der Waals surface area contributed by atoms with E-state index in [1.165, 1.54) is 18.2 Å². The summed E-state index contributed by atoms with van der Waals surface area (Å²) in [6, 6.07) is 9.99. The third-order valence-corrected chi connectivity index (χ3v) is 4.20. The van der Waals surface area contributed by atoms with Crippen LogP contribution in [0.15, 0.2) is 35.9 Å². The fraction of sp³-hybridized carbons (Fsp3) is 0.200. The van der Waals surface area contributed by atoms with Crippen molar-refractivity contribution < 1.29 is 19.2 Å². The molecule has 0 radical (unpaired) electrons. The summed E-state index contributed by atoms with van der Waals surface area (Å²) in [5.74, 6) is -0.214. The van der Waals surface area contributed by atoms with E-state index < -0.39 is 10.8 Å². The summed E-state index contributed by atoms with van der Waals surface area (Å²) in [6.45, 7) is 4.40. The highest BCUT2D eigenvalue weighted by molar-refractivity contribution is 6.10. The van der Waals surface area contributed by atoms with Crippen LogP contribution in [0, 0.1) is 35.3 Å². The second kappa shape index (κ2) is 7.80. The molecule has 8 heteroatoms. The van der Waals surface area contributed by atoms with E-state index in [-0.39, 0.29) is 29.3 Å². The molecule has 0 saturated heterocycles. The topological polar surface area (TPSA) is 114 Å². The highest BCUT2D eigenvalue weighted by atomic mass is 16.6. The number of ether oxygens (including phenoxy) is 2. The molecule has 28 heavy (non-hydrogen) atoms. The molecule has 1 aliphatic heterocycles. The van der Waals surface area contributed by atoms with Crippen LogP contribution in [-0.2, 0) is 4.79 Å². The largest absolute Gasteiger partial charge is 0.486 e. The van der Waals surface area contributed by atoms with Crippen molar-refractivity contribution in [3.63, 3.8) is 0 Å². The highest BCUT2D eigenvalue weighted by Gasteiger charge is 2.24. The summed E-state index contributed by atoms with van der Waals surface area (Å²) in [5.41, 5.74) is 2.10. The maximum Gasteiger partial charge on any atom is 0.296 e. The van der Waals surface area contributed by atoms with Gasteiger partial charge < -0.3 is 14.8 Å². The van der Waals surface area contributed by atoms with Crippen molar-refractivity contribution in [2.45, 2.75) is 13.8 Å². The van der Waals surface area contributed by atoms with E-state index in [4.69, 9.17) is 9.47 Å². The van der Waals surface area contributed by atoms with E-state index in [1.54, 1.807) is 0 Å². The van der Waals surface area contributed by atoms with Gasteiger partial charge in [-0.25, -0.2) is 0 Å². The van der Waals surface area contributed by atoms with Crippen LogP contribution >= 0.6 is 0 Å². The van der Waals surface area contributed by atoms with Gasteiger partial charge in [0, 0.05) is 6.07 Å². The number of nitrogens with zero attached hydrogens (tertiary/aromatic N) is 2. The van der Waals surface area contributed by atoms with E-state index in [9.17, 15) is 20.2 Å². The average Bonchev–Trinajstić information content (AvgIpc) is 2.66. The van der Waals surface area contributed by atoms with Crippen molar-refractivity contribution >= 4 is 23.4 Å². The lowest BCUT2D eigenvalue weighted by molar-refractivity contribution is -0.384. The fourth-order valence-corrected chi connectivity index (χ4v) is 2.81. The van der Waals surface area contributed by atoms with Gasteiger partial charge in [0.05, 0.1) is 11.0 Å².